The quantitative estimate of drug-likeness (QED) is 0.451. The number of ether oxygens (including phenoxy) is 1. The number of aliphatic hydroxyl groups excluding tert-OH is 1. The molecule has 0 aliphatic carbocycles. The third-order valence-electron chi connectivity index (χ3n) is 4.86. The molecule has 172 valence electrons. The summed E-state index contributed by atoms with van der Waals surface area (Å²) in [5.41, 5.74) is 3.10. The number of benzene rings is 2. The molecule has 1 saturated heterocycles. The van der Waals surface area contributed by atoms with Crippen LogP contribution in [0.1, 0.15) is 22.8 Å². The van der Waals surface area contributed by atoms with Crippen LogP contribution in [0, 0.1) is 0 Å². The number of thioether (sulfide) groups is 1. The summed E-state index contributed by atoms with van der Waals surface area (Å²) in [6.45, 7) is 3.79. The fraction of sp³-hybridized carbons (Fsp3) is 0.318. The first-order valence-corrected chi connectivity index (χ1v) is 12.2. The van der Waals surface area contributed by atoms with Gasteiger partial charge < -0.3 is 15.2 Å². The van der Waals surface area contributed by atoms with Crippen LogP contribution in [0.25, 0.3) is 0 Å². The molecule has 2 aromatic carbocycles. The second-order valence-electron chi connectivity index (χ2n) is 7.01. The molecule has 0 radical (unpaired) electrons. The number of hydrogen-bond donors (Lipinski definition) is 2. The standard InChI is InChI=1S/C22H26NO7PS/c1-15-21(32-22(25)23-15)12-16-7-9-19(10-8-16)29-14-20(30-31(26,27-2)28-3)18-6-4-5-17(11-18)13-24/h4-11,20-21,24H,1,12-14H2,2-3H3,(H,23,25). The molecule has 10 heteroatoms. The van der Waals surface area contributed by atoms with Crippen molar-refractivity contribution in [2.45, 2.75) is 24.4 Å². The first-order valence-electron chi connectivity index (χ1n) is 9.83. The van der Waals surface area contributed by atoms with Gasteiger partial charge in [0.15, 0.2) is 0 Å². The Bertz CT molecular complexity index is 990. The minimum atomic E-state index is -3.77. The first kappa shape index (κ1) is 24.5. The fourth-order valence-corrected chi connectivity index (χ4v) is 4.85. The van der Waals surface area contributed by atoms with Gasteiger partial charge in [0, 0.05) is 19.9 Å². The Morgan fingerprint density at radius 2 is 1.88 bits per heavy atom. The van der Waals surface area contributed by atoms with E-state index in [0.29, 0.717) is 29.0 Å². The zero-order chi connectivity index (χ0) is 23.1. The zero-order valence-corrected chi connectivity index (χ0v) is 19.6. The van der Waals surface area contributed by atoms with Crippen molar-refractivity contribution in [3.8, 4) is 5.75 Å². The predicted molar refractivity (Wildman–Crippen MR) is 123 cm³/mol. The molecule has 0 saturated carbocycles. The summed E-state index contributed by atoms with van der Waals surface area (Å²) in [5.74, 6) is 0.595. The van der Waals surface area contributed by atoms with E-state index in [0.717, 1.165) is 5.56 Å². The Balaban J connectivity index is 1.69. The fourth-order valence-electron chi connectivity index (χ4n) is 3.11. The highest BCUT2D eigenvalue weighted by Crippen LogP contribution is 2.51. The van der Waals surface area contributed by atoms with Gasteiger partial charge in [-0.1, -0.05) is 54.7 Å². The lowest BCUT2D eigenvalue weighted by Gasteiger charge is -2.23. The van der Waals surface area contributed by atoms with Crippen molar-refractivity contribution >= 4 is 24.8 Å². The summed E-state index contributed by atoms with van der Waals surface area (Å²) < 4.78 is 33.9. The second-order valence-corrected chi connectivity index (χ2v) is 10.0. The van der Waals surface area contributed by atoms with E-state index in [1.807, 2.05) is 24.3 Å². The molecule has 1 aliphatic rings. The summed E-state index contributed by atoms with van der Waals surface area (Å²) in [6, 6.07) is 14.5. The highest BCUT2D eigenvalue weighted by atomic mass is 32.2. The summed E-state index contributed by atoms with van der Waals surface area (Å²) in [4.78, 5) is 11.5. The maximum atomic E-state index is 12.5. The molecule has 0 spiro atoms. The molecule has 8 nitrogen and oxygen atoms in total. The SMILES string of the molecule is C=C1NC(=O)SC1Cc1ccc(OCC(OP(=O)(OC)OC)c2cccc(CO)c2)cc1. The second kappa shape index (κ2) is 11.1. The van der Waals surface area contributed by atoms with Crippen molar-refractivity contribution in [3.05, 3.63) is 77.5 Å². The number of nitrogens with one attached hydrogen (secondary N) is 1. The topological polar surface area (TPSA) is 103 Å². The number of carbonyl (C=O) groups excluding carboxylic acids is 1. The van der Waals surface area contributed by atoms with Crippen LogP contribution in [-0.2, 0) is 31.2 Å². The lowest BCUT2D eigenvalue weighted by atomic mass is 10.1. The van der Waals surface area contributed by atoms with Crippen LogP contribution < -0.4 is 10.1 Å². The van der Waals surface area contributed by atoms with E-state index in [2.05, 4.69) is 11.9 Å². The van der Waals surface area contributed by atoms with Crippen molar-refractivity contribution in [2.75, 3.05) is 20.8 Å². The van der Waals surface area contributed by atoms with Crippen molar-refractivity contribution in [2.24, 2.45) is 0 Å². The van der Waals surface area contributed by atoms with Crippen LogP contribution in [0.3, 0.4) is 0 Å². The number of phosphoric ester groups is 1. The van der Waals surface area contributed by atoms with Crippen molar-refractivity contribution < 1.29 is 32.8 Å². The van der Waals surface area contributed by atoms with Crippen molar-refractivity contribution in [3.63, 3.8) is 0 Å². The molecule has 1 amide bonds. The van der Waals surface area contributed by atoms with E-state index in [4.69, 9.17) is 18.3 Å². The van der Waals surface area contributed by atoms with Gasteiger partial charge in [-0.2, -0.15) is 0 Å². The van der Waals surface area contributed by atoms with Crippen LogP contribution in [-0.4, -0.2) is 36.4 Å². The Kier molecular flexibility index (Phi) is 8.53. The van der Waals surface area contributed by atoms with Gasteiger partial charge in [0.2, 0.25) is 0 Å². The third kappa shape index (κ3) is 6.45. The van der Waals surface area contributed by atoms with Gasteiger partial charge in [-0.15, -0.1) is 0 Å². The molecular formula is C22H26NO7PS. The smallest absolute Gasteiger partial charge is 0.474 e. The Labute approximate surface area is 191 Å². The number of amides is 1. The molecule has 2 N–H and O–H groups in total. The van der Waals surface area contributed by atoms with Crippen LogP contribution in [0.15, 0.2) is 60.8 Å². The number of rotatable bonds is 11. The molecule has 3 rings (SSSR count). The molecule has 1 fully saturated rings. The van der Waals surface area contributed by atoms with E-state index in [-0.39, 0.29) is 23.7 Å². The summed E-state index contributed by atoms with van der Waals surface area (Å²) >= 11 is 1.23. The highest BCUT2D eigenvalue weighted by Gasteiger charge is 2.30. The minimum absolute atomic E-state index is 0.00285. The molecule has 2 aromatic rings. The molecule has 1 aliphatic heterocycles. The van der Waals surface area contributed by atoms with Gasteiger partial charge in [-0.05, 0) is 35.2 Å². The summed E-state index contributed by atoms with van der Waals surface area (Å²) in [7, 11) is -1.29. The molecule has 32 heavy (non-hydrogen) atoms. The maximum Gasteiger partial charge on any atom is 0.474 e. The van der Waals surface area contributed by atoms with E-state index in [1.54, 1.807) is 24.3 Å². The zero-order valence-electron chi connectivity index (χ0n) is 17.9. The van der Waals surface area contributed by atoms with E-state index in [9.17, 15) is 14.5 Å². The van der Waals surface area contributed by atoms with Crippen LogP contribution in [0.5, 0.6) is 5.75 Å². The predicted octanol–water partition coefficient (Wildman–Crippen LogP) is 4.60. The monoisotopic (exact) mass is 479 g/mol. The Hall–Kier alpha value is -2.13. The molecule has 2 atom stereocenters. The van der Waals surface area contributed by atoms with Gasteiger partial charge in [0.25, 0.3) is 5.24 Å². The lowest BCUT2D eigenvalue weighted by molar-refractivity contribution is 0.0718. The maximum absolute atomic E-state index is 12.5. The highest BCUT2D eigenvalue weighted by molar-refractivity contribution is 8.14. The summed E-state index contributed by atoms with van der Waals surface area (Å²) in [6.07, 6.45) is -0.0882. The van der Waals surface area contributed by atoms with Crippen LogP contribution in [0.4, 0.5) is 4.79 Å². The van der Waals surface area contributed by atoms with E-state index in [1.165, 1.54) is 26.0 Å². The molecule has 1 heterocycles. The normalized spacial score (nSPS) is 17.3. The van der Waals surface area contributed by atoms with Gasteiger partial charge >= 0.3 is 7.82 Å². The molecule has 2 unspecified atom stereocenters. The number of carbonyl (C=O) groups is 1. The molecular weight excluding hydrogens is 453 g/mol. The molecule has 0 bridgehead atoms. The number of aliphatic hydroxyl groups is 1. The average molecular weight is 479 g/mol. The van der Waals surface area contributed by atoms with Crippen LogP contribution in [0.2, 0.25) is 0 Å². The van der Waals surface area contributed by atoms with Gasteiger partial charge in [-0.3, -0.25) is 18.4 Å². The van der Waals surface area contributed by atoms with Crippen molar-refractivity contribution in [1.29, 1.82) is 0 Å². The van der Waals surface area contributed by atoms with E-state index < -0.39 is 13.9 Å². The van der Waals surface area contributed by atoms with Crippen molar-refractivity contribution in [1.82, 2.24) is 5.32 Å². The first-order chi connectivity index (χ1) is 15.4. The molecule has 0 aromatic heterocycles. The number of phosphoric acid groups is 1. The third-order valence-corrected chi connectivity index (χ3v) is 7.31. The Morgan fingerprint density at radius 3 is 2.47 bits per heavy atom. The van der Waals surface area contributed by atoms with E-state index >= 15 is 0 Å². The average Bonchev–Trinajstić information content (AvgIpc) is 3.13. The number of hydrogen-bond acceptors (Lipinski definition) is 8. The summed E-state index contributed by atoms with van der Waals surface area (Å²) in [5, 5.41) is 12.1. The largest absolute Gasteiger partial charge is 0.491 e. The Morgan fingerprint density at radius 1 is 1.16 bits per heavy atom. The van der Waals surface area contributed by atoms with Gasteiger partial charge in [-0.25, -0.2) is 4.57 Å². The van der Waals surface area contributed by atoms with Crippen LogP contribution >= 0.6 is 19.6 Å². The minimum Gasteiger partial charge on any atom is -0.491 e. The lowest BCUT2D eigenvalue weighted by Crippen LogP contribution is -2.14. The van der Waals surface area contributed by atoms with Gasteiger partial charge in [0.05, 0.1) is 11.9 Å². The van der Waals surface area contributed by atoms with Gasteiger partial charge in [0.1, 0.15) is 18.5 Å².